The fourth-order valence-corrected chi connectivity index (χ4v) is 4.02. The molecule has 0 saturated heterocycles. The van der Waals surface area contributed by atoms with Crippen LogP contribution < -0.4 is 5.32 Å². The summed E-state index contributed by atoms with van der Waals surface area (Å²) in [5.41, 5.74) is 1.61. The summed E-state index contributed by atoms with van der Waals surface area (Å²) >= 11 is 2.02. The van der Waals surface area contributed by atoms with Crippen LogP contribution in [0.15, 0.2) is 6.07 Å². The van der Waals surface area contributed by atoms with E-state index in [1.165, 1.54) is 43.4 Å². The molecule has 0 amide bonds. The van der Waals surface area contributed by atoms with Gasteiger partial charge in [0.05, 0.1) is 0 Å². The number of aryl methyl sites for hydroxylation is 2. The van der Waals surface area contributed by atoms with Crippen molar-refractivity contribution in [3.63, 3.8) is 0 Å². The van der Waals surface area contributed by atoms with Crippen molar-refractivity contribution in [3.05, 3.63) is 21.4 Å². The van der Waals surface area contributed by atoms with Crippen molar-refractivity contribution in [2.45, 2.75) is 64.3 Å². The topological polar surface area (TPSA) is 32.3 Å². The number of fused-ring (bicyclic) bond motifs is 1. The molecule has 108 valence electrons. The van der Waals surface area contributed by atoms with Crippen molar-refractivity contribution >= 4 is 11.3 Å². The van der Waals surface area contributed by atoms with Crippen molar-refractivity contribution in [1.29, 1.82) is 0 Å². The van der Waals surface area contributed by atoms with Gasteiger partial charge in [-0.1, -0.05) is 12.8 Å². The summed E-state index contributed by atoms with van der Waals surface area (Å²) in [6.45, 7) is 3.71. The van der Waals surface area contributed by atoms with Gasteiger partial charge in [0.25, 0.3) is 0 Å². The fraction of sp³-hybridized carbons (Fsp3) is 0.750. The normalized spacial score (nSPS) is 16.3. The summed E-state index contributed by atoms with van der Waals surface area (Å²) in [5, 5.41) is 12.4. The summed E-state index contributed by atoms with van der Waals surface area (Å²) in [7, 11) is 0. The van der Waals surface area contributed by atoms with Gasteiger partial charge >= 0.3 is 0 Å². The first kappa shape index (κ1) is 15.0. The Morgan fingerprint density at radius 1 is 1.21 bits per heavy atom. The van der Waals surface area contributed by atoms with Crippen molar-refractivity contribution in [3.8, 4) is 0 Å². The lowest BCUT2D eigenvalue weighted by Gasteiger charge is -2.11. The van der Waals surface area contributed by atoms with Crippen LogP contribution in [0.25, 0.3) is 0 Å². The average molecular weight is 281 g/mol. The van der Waals surface area contributed by atoms with Gasteiger partial charge in [0.1, 0.15) is 0 Å². The van der Waals surface area contributed by atoms with E-state index >= 15 is 0 Å². The van der Waals surface area contributed by atoms with Crippen LogP contribution in [0.2, 0.25) is 0 Å². The number of hydrogen-bond donors (Lipinski definition) is 2. The Labute approximate surface area is 121 Å². The van der Waals surface area contributed by atoms with Crippen molar-refractivity contribution in [1.82, 2.24) is 5.32 Å². The maximum Gasteiger partial charge on any atom is 0.0431 e. The Balaban J connectivity index is 1.70. The van der Waals surface area contributed by atoms with Crippen LogP contribution in [0.1, 0.15) is 66.8 Å². The number of rotatable bonds is 8. The van der Waals surface area contributed by atoms with Gasteiger partial charge in [-0.2, -0.15) is 0 Å². The third-order valence-electron chi connectivity index (χ3n) is 3.98. The Hall–Kier alpha value is -0.380. The van der Waals surface area contributed by atoms with Gasteiger partial charge in [0.15, 0.2) is 0 Å². The zero-order valence-electron chi connectivity index (χ0n) is 12.1. The number of hydrogen-bond acceptors (Lipinski definition) is 3. The first-order chi connectivity index (χ1) is 9.31. The largest absolute Gasteiger partial charge is 0.396 e. The summed E-state index contributed by atoms with van der Waals surface area (Å²) in [5.74, 6) is 0. The number of unbranched alkanes of at least 4 members (excludes halogenated alkanes) is 3. The molecule has 0 bridgehead atoms. The summed E-state index contributed by atoms with van der Waals surface area (Å²) in [4.78, 5) is 3.15. The van der Waals surface area contributed by atoms with E-state index in [0.717, 1.165) is 19.4 Å². The lowest BCUT2D eigenvalue weighted by molar-refractivity contribution is 0.282. The molecule has 1 aromatic rings. The highest BCUT2D eigenvalue weighted by Crippen LogP contribution is 2.32. The molecule has 1 atom stereocenters. The third kappa shape index (κ3) is 4.59. The molecule has 1 unspecified atom stereocenters. The average Bonchev–Trinajstić information content (AvgIpc) is 2.86. The van der Waals surface area contributed by atoms with Crippen LogP contribution in [-0.4, -0.2) is 18.3 Å². The maximum absolute atomic E-state index is 8.73. The molecule has 2 N–H and O–H groups in total. The molecule has 2 rings (SSSR count). The van der Waals surface area contributed by atoms with Gasteiger partial charge in [0, 0.05) is 22.4 Å². The molecule has 2 nitrogen and oxygen atoms in total. The van der Waals surface area contributed by atoms with Crippen molar-refractivity contribution in [2.75, 3.05) is 13.2 Å². The van der Waals surface area contributed by atoms with Crippen LogP contribution in [0.5, 0.6) is 0 Å². The summed E-state index contributed by atoms with van der Waals surface area (Å²) in [6.07, 6.45) is 9.88. The lowest BCUT2D eigenvalue weighted by atomic mass is 9.99. The fourth-order valence-electron chi connectivity index (χ4n) is 2.74. The minimum Gasteiger partial charge on any atom is -0.396 e. The molecular weight excluding hydrogens is 254 g/mol. The second-order valence-electron chi connectivity index (χ2n) is 5.62. The highest BCUT2D eigenvalue weighted by atomic mass is 32.1. The Morgan fingerprint density at radius 3 is 2.79 bits per heavy atom. The van der Waals surface area contributed by atoms with E-state index in [1.807, 2.05) is 11.3 Å². The molecule has 3 heteroatoms. The van der Waals surface area contributed by atoms with E-state index in [9.17, 15) is 0 Å². The smallest absolute Gasteiger partial charge is 0.0431 e. The molecule has 1 aromatic heterocycles. The lowest BCUT2D eigenvalue weighted by Crippen LogP contribution is -2.18. The first-order valence-corrected chi connectivity index (χ1v) is 8.58. The minimum absolute atomic E-state index is 0.338. The van der Waals surface area contributed by atoms with Gasteiger partial charge in [0.2, 0.25) is 0 Å². The Morgan fingerprint density at radius 2 is 2.00 bits per heavy atom. The molecule has 0 radical (unpaired) electrons. The van der Waals surface area contributed by atoms with Crippen LogP contribution in [0.3, 0.4) is 0 Å². The minimum atomic E-state index is 0.338. The molecular formula is C16H27NOS. The third-order valence-corrected chi connectivity index (χ3v) is 5.40. The summed E-state index contributed by atoms with van der Waals surface area (Å²) < 4.78 is 0. The van der Waals surface area contributed by atoms with Gasteiger partial charge < -0.3 is 10.4 Å². The number of aliphatic hydroxyl groups excluding tert-OH is 1. The highest BCUT2D eigenvalue weighted by Gasteiger charge is 2.16. The molecule has 0 saturated carbocycles. The molecule has 0 aliphatic heterocycles. The predicted octanol–water partition coefficient (Wildman–Crippen LogP) is 3.83. The molecule has 1 aliphatic carbocycles. The standard InChI is InChI=1S/C16H27NOS/c1-13(17-10-6-2-3-7-11-18)16-12-14-8-4-5-9-15(14)19-16/h12-13,17-18H,2-11H2,1H3. The van der Waals surface area contributed by atoms with E-state index in [4.69, 9.17) is 5.11 Å². The van der Waals surface area contributed by atoms with Crippen LogP contribution in [-0.2, 0) is 12.8 Å². The second kappa shape index (κ2) is 8.03. The quantitative estimate of drug-likeness (QED) is 0.710. The first-order valence-electron chi connectivity index (χ1n) is 7.77. The molecule has 1 heterocycles. The zero-order chi connectivity index (χ0) is 13.5. The molecule has 0 spiro atoms. The summed E-state index contributed by atoms with van der Waals surface area (Å²) in [6, 6.07) is 2.93. The van der Waals surface area contributed by atoms with Gasteiger partial charge in [-0.15, -0.1) is 11.3 Å². The van der Waals surface area contributed by atoms with E-state index in [2.05, 4.69) is 18.3 Å². The van der Waals surface area contributed by atoms with Crippen LogP contribution in [0.4, 0.5) is 0 Å². The van der Waals surface area contributed by atoms with Crippen molar-refractivity contribution < 1.29 is 5.11 Å². The van der Waals surface area contributed by atoms with Crippen molar-refractivity contribution in [2.24, 2.45) is 0 Å². The van der Waals surface area contributed by atoms with E-state index in [1.54, 1.807) is 10.4 Å². The highest BCUT2D eigenvalue weighted by molar-refractivity contribution is 7.12. The zero-order valence-corrected chi connectivity index (χ0v) is 12.9. The van der Waals surface area contributed by atoms with E-state index < -0.39 is 0 Å². The predicted molar refractivity (Wildman–Crippen MR) is 82.9 cm³/mol. The van der Waals surface area contributed by atoms with E-state index in [-0.39, 0.29) is 0 Å². The molecule has 0 fully saturated rings. The van der Waals surface area contributed by atoms with Crippen LogP contribution >= 0.6 is 11.3 Å². The Kier molecular flexibility index (Phi) is 6.35. The number of thiophene rings is 1. The SMILES string of the molecule is CC(NCCCCCCO)c1cc2c(s1)CCCC2. The monoisotopic (exact) mass is 281 g/mol. The molecule has 0 aromatic carbocycles. The van der Waals surface area contributed by atoms with E-state index in [0.29, 0.717) is 12.6 Å². The van der Waals surface area contributed by atoms with Crippen LogP contribution in [0, 0.1) is 0 Å². The Bertz CT molecular complexity index is 351. The van der Waals surface area contributed by atoms with Gasteiger partial charge in [-0.05, 0) is 63.6 Å². The number of nitrogens with one attached hydrogen (secondary N) is 1. The molecule has 19 heavy (non-hydrogen) atoms. The maximum atomic E-state index is 8.73. The van der Waals surface area contributed by atoms with Gasteiger partial charge in [-0.3, -0.25) is 0 Å². The second-order valence-corrected chi connectivity index (χ2v) is 6.79. The van der Waals surface area contributed by atoms with Gasteiger partial charge in [-0.25, -0.2) is 0 Å². The molecule has 1 aliphatic rings. The number of aliphatic hydroxyl groups is 1.